The van der Waals surface area contributed by atoms with E-state index in [9.17, 15) is 118 Å². The molecule has 0 spiro atoms. The van der Waals surface area contributed by atoms with Gasteiger partial charge in [-0.3, -0.25) is 0 Å². The molecule has 0 aliphatic carbocycles. The van der Waals surface area contributed by atoms with Gasteiger partial charge in [-0.1, -0.05) is 0 Å². The lowest BCUT2D eigenvalue weighted by Crippen LogP contribution is -2.78. The molecule has 0 aromatic rings. The lowest BCUT2D eigenvalue weighted by atomic mass is 9.85. The van der Waals surface area contributed by atoms with Crippen LogP contribution in [0.1, 0.15) is 6.42 Å². The molecule has 0 bridgehead atoms. The van der Waals surface area contributed by atoms with Crippen molar-refractivity contribution in [2.24, 2.45) is 0 Å². The highest BCUT2D eigenvalue weighted by Gasteiger charge is 3.00. The summed E-state index contributed by atoms with van der Waals surface area (Å²) >= 11 is 0. The maximum Gasteiger partial charge on any atom is 0.460 e. The average Bonchev–Trinajstić information content (AvgIpc) is 2.85. The fourth-order valence-electron chi connectivity index (χ4n) is 3.18. The van der Waals surface area contributed by atoms with E-state index in [1.165, 1.54) is 21.1 Å². The van der Waals surface area contributed by atoms with Gasteiger partial charge in [-0.05, 0) is 0 Å². The fourth-order valence-corrected chi connectivity index (χ4v) is 4.40. The average molecular weight is 813 g/mol. The molecule has 0 rings (SSSR count). The minimum Gasteiger partial charge on any atom is -0.331 e. The molecule has 0 aliphatic heterocycles. The predicted octanol–water partition coefficient (Wildman–Crippen LogP) is 7.85. The summed E-state index contributed by atoms with van der Waals surface area (Å²) in [5, 5.41) is -7.89. The van der Waals surface area contributed by atoms with E-state index in [1.54, 1.807) is 0 Å². The van der Waals surface area contributed by atoms with Gasteiger partial charge in [0.15, 0.2) is 0 Å². The topological polar surface area (TPSA) is 37.4 Å². The number of alkyl halides is 25. The van der Waals surface area contributed by atoms with Gasteiger partial charge >= 0.3 is 70.7 Å². The summed E-state index contributed by atoms with van der Waals surface area (Å²) in [6, 6.07) is 0. The first-order valence-electron chi connectivity index (χ1n) is 11.6. The predicted molar refractivity (Wildman–Crippen MR) is 110 cm³/mol. The van der Waals surface area contributed by atoms with E-state index < -0.39 is 98.0 Å². The standard InChI is InChI=1S/C19H18F25N2O2S/c1-45(6-5-7-46(2,3)4)49(47,48)19(43,44)17(38,39)15(34,35)13(30,31)11(26,27)9(22,23)8(20,21)10(24,25)12(28,29)14(32,33)16(36,37)18(40,41)42/h5-7H2,1-4H3/q+1. The van der Waals surface area contributed by atoms with Crippen LogP contribution in [0.25, 0.3) is 0 Å². The molecule has 0 fully saturated rings. The largest absolute Gasteiger partial charge is 0.460 e. The zero-order valence-electron chi connectivity index (χ0n) is 23.7. The molecular formula is C19H18F25N2O2S+. The number of nitrogens with zero attached hydrogens (tertiary/aromatic N) is 2. The summed E-state index contributed by atoms with van der Waals surface area (Å²) in [6.07, 6.45) is -8.90. The van der Waals surface area contributed by atoms with Gasteiger partial charge in [0, 0.05) is 20.0 Å². The van der Waals surface area contributed by atoms with E-state index in [0.29, 0.717) is 0 Å². The summed E-state index contributed by atoms with van der Waals surface area (Å²) in [4.78, 5) is 0. The Bertz CT molecular complexity index is 1300. The number of hydrogen-bond donors (Lipinski definition) is 0. The van der Waals surface area contributed by atoms with Crippen LogP contribution in [0.15, 0.2) is 0 Å². The van der Waals surface area contributed by atoms with Gasteiger partial charge < -0.3 is 4.48 Å². The summed E-state index contributed by atoms with van der Waals surface area (Å²) < 4.78 is 362. The van der Waals surface area contributed by atoms with Crippen LogP contribution in [0.4, 0.5) is 110 Å². The molecule has 30 heteroatoms. The zero-order chi connectivity index (χ0) is 40.7. The molecule has 296 valence electrons. The first-order valence-corrected chi connectivity index (χ1v) is 13.1. The number of rotatable bonds is 16. The second kappa shape index (κ2) is 12.1. The van der Waals surface area contributed by atoms with Gasteiger partial charge in [0.2, 0.25) is 0 Å². The molecule has 4 nitrogen and oxygen atoms in total. The third kappa shape index (κ3) is 6.33. The van der Waals surface area contributed by atoms with E-state index in [1.807, 2.05) is 0 Å². The van der Waals surface area contributed by atoms with Gasteiger partial charge in [0.05, 0.1) is 27.7 Å². The number of halogens is 25. The van der Waals surface area contributed by atoms with E-state index in [0.717, 1.165) is 0 Å². The third-order valence-corrected chi connectivity index (χ3v) is 8.21. The summed E-state index contributed by atoms with van der Waals surface area (Å²) in [7, 11) is -3.78. The Morgan fingerprint density at radius 2 is 0.653 bits per heavy atom. The molecule has 0 aliphatic rings. The van der Waals surface area contributed by atoms with E-state index in [4.69, 9.17) is 0 Å². The molecule has 0 aromatic carbocycles. The minimum absolute atomic E-state index is 0.172. The normalized spacial score (nSPS) is 16.9. The Balaban J connectivity index is 7.32. The van der Waals surface area contributed by atoms with Crippen molar-refractivity contribution in [1.82, 2.24) is 4.31 Å². The first-order chi connectivity index (χ1) is 20.6. The Labute approximate surface area is 256 Å². The van der Waals surface area contributed by atoms with Gasteiger partial charge in [-0.25, -0.2) is 8.42 Å². The van der Waals surface area contributed by atoms with Crippen molar-refractivity contribution in [3.8, 4) is 0 Å². The van der Waals surface area contributed by atoms with Crippen molar-refractivity contribution in [3.63, 3.8) is 0 Å². The highest BCUT2D eigenvalue weighted by molar-refractivity contribution is 7.90. The van der Waals surface area contributed by atoms with Crippen LogP contribution in [-0.4, -0.2) is 129 Å². The van der Waals surface area contributed by atoms with Crippen molar-refractivity contribution >= 4 is 10.0 Å². The summed E-state index contributed by atoms with van der Waals surface area (Å²) in [5.41, 5.74) is 0. The molecule has 0 atom stereocenters. The number of sulfonamides is 1. The molecule has 0 aromatic heterocycles. The minimum atomic E-state index is -9.73. The molecule has 0 heterocycles. The highest BCUT2D eigenvalue weighted by atomic mass is 32.2. The molecule has 0 unspecified atom stereocenters. The first kappa shape index (κ1) is 47.1. The lowest BCUT2D eigenvalue weighted by molar-refractivity contribution is -0.870. The van der Waals surface area contributed by atoms with E-state index in [-0.39, 0.29) is 18.1 Å². The van der Waals surface area contributed by atoms with Crippen LogP contribution in [0.3, 0.4) is 0 Å². The monoisotopic (exact) mass is 813 g/mol. The van der Waals surface area contributed by atoms with Crippen LogP contribution in [0.5, 0.6) is 0 Å². The molecule has 0 amide bonds. The maximum atomic E-state index is 14.3. The van der Waals surface area contributed by atoms with Crippen molar-refractivity contribution < 1.29 is 123 Å². The third-order valence-electron chi connectivity index (χ3n) is 6.31. The van der Waals surface area contributed by atoms with Crippen molar-refractivity contribution in [2.75, 3.05) is 41.3 Å². The Morgan fingerprint density at radius 3 is 0.878 bits per heavy atom. The quantitative estimate of drug-likeness (QED) is 0.118. The second-order valence-corrected chi connectivity index (χ2v) is 13.0. The van der Waals surface area contributed by atoms with Crippen LogP contribution in [0.2, 0.25) is 0 Å². The fraction of sp³-hybridized carbons (Fsp3) is 1.00. The lowest BCUT2D eigenvalue weighted by Gasteiger charge is -2.45. The molecular weight excluding hydrogens is 795 g/mol. The van der Waals surface area contributed by atoms with Crippen LogP contribution in [-0.2, 0) is 10.0 Å². The molecule has 0 saturated heterocycles. The van der Waals surface area contributed by atoms with Gasteiger partial charge in [0.25, 0.3) is 10.0 Å². The molecule has 0 saturated carbocycles. The molecule has 0 N–H and O–H groups in total. The molecule has 0 radical (unpaired) electrons. The Kier molecular flexibility index (Phi) is 11.6. The van der Waals surface area contributed by atoms with Gasteiger partial charge in [-0.15, -0.1) is 0 Å². The maximum absolute atomic E-state index is 14.3. The van der Waals surface area contributed by atoms with Crippen molar-refractivity contribution in [1.29, 1.82) is 0 Å². The van der Waals surface area contributed by atoms with E-state index >= 15 is 0 Å². The van der Waals surface area contributed by atoms with E-state index in [2.05, 4.69) is 0 Å². The van der Waals surface area contributed by atoms with Crippen LogP contribution >= 0.6 is 0 Å². The number of quaternary nitrogens is 1. The van der Waals surface area contributed by atoms with Crippen LogP contribution in [0, 0.1) is 0 Å². The van der Waals surface area contributed by atoms with Crippen molar-refractivity contribution in [2.45, 2.75) is 77.1 Å². The Morgan fingerprint density at radius 1 is 0.429 bits per heavy atom. The van der Waals surface area contributed by atoms with Crippen molar-refractivity contribution in [3.05, 3.63) is 0 Å². The molecule has 49 heavy (non-hydrogen) atoms. The zero-order valence-corrected chi connectivity index (χ0v) is 24.5. The van der Waals surface area contributed by atoms with Gasteiger partial charge in [0.1, 0.15) is 0 Å². The summed E-state index contributed by atoms with van der Waals surface area (Å²) in [6.45, 7) is -1.71. The van der Waals surface area contributed by atoms with Crippen LogP contribution < -0.4 is 0 Å². The smallest absolute Gasteiger partial charge is 0.331 e. The summed E-state index contributed by atoms with van der Waals surface area (Å²) in [5.74, 6) is -93.5. The SMILES string of the molecule is CN(CCC[N+](C)(C)C)S(=O)(=O)C(F)(F)C(F)(F)C(F)(F)C(F)(F)C(F)(F)C(F)(F)C(F)(F)C(F)(F)C(F)(F)C(F)(F)C(F)(F)C(F)(F)F. The Hall–Kier alpha value is -1.88. The second-order valence-electron chi connectivity index (χ2n) is 11.0. The highest BCUT2D eigenvalue weighted by Crippen LogP contribution is 2.68. The number of hydrogen-bond acceptors (Lipinski definition) is 2. The van der Waals surface area contributed by atoms with Gasteiger partial charge in [-0.2, -0.15) is 114 Å².